The number of nitrogens with zero attached hydrogens (tertiary/aromatic N) is 1. The van der Waals surface area contributed by atoms with Gasteiger partial charge in [0.05, 0.1) is 5.69 Å². The van der Waals surface area contributed by atoms with Gasteiger partial charge in [-0.1, -0.05) is 164 Å². The van der Waals surface area contributed by atoms with Gasteiger partial charge in [-0.05, 0) is 85.9 Å². The fourth-order valence-electron chi connectivity index (χ4n) is 7.69. The van der Waals surface area contributed by atoms with Crippen molar-refractivity contribution in [3.63, 3.8) is 0 Å². The summed E-state index contributed by atoms with van der Waals surface area (Å²) < 4.78 is 2.59. The van der Waals surface area contributed by atoms with Crippen LogP contribution in [0.4, 0.5) is 17.1 Å². The van der Waals surface area contributed by atoms with Crippen molar-refractivity contribution in [2.24, 2.45) is 0 Å². The second-order valence-corrected chi connectivity index (χ2v) is 14.4. The van der Waals surface area contributed by atoms with E-state index in [0.29, 0.717) is 0 Å². The van der Waals surface area contributed by atoms with Gasteiger partial charge in [0.2, 0.25) is 0 Å². The third-order valence-corrected chi connectivity index (χ3v) is 11.4. The molecule has 2 heteroatoms. The fraction of sp³-hybridized carbons (Fsp3) is 0. The molecule has 9 aromatic carbocycles. The van der Waals surface area contributed by atoms with Crippen LogP contribution in [0.5, 0.6) is 0 Å². The Morgan fingerprint density at radius 3 is 1.52 bits per heavy atom. The first-order valence-electron chi connectivity index (χ1n) is 17.8. The van der Waals surface area contributed by atoms with Crippen LogP contribution in [0.25, 0.3) is 75.1 Å². The number of fused-ring (bicyclic) bond motifs is 5. The first-order chi connectivity index (χ1) is 25.8. The molecular formula is C50H33NS. The van der Waals surface area contributed by atoms with Crippen LogP contribution in [-0.2, 0) is 0 Å². The SMILES string of the molecule is c1ccc(-c2ccc(N(c3ccc(-c4ccccc4)cc3)c3c4ccccc4cc4sc5c(-c6ccc7ccccc7c6)cccc5c34)cc2)cc1. The Bertz CT molecular complexity index is 2790. The highest BCUT2D eigenvalue weighted by Gasteiger charge is 2.23. The number of benzene rings is 9. The van der Waals surface area contributed by atoms with Crippen molar-refractivity contribution in [3.05, 3.63) is 200 Å². The summed E-state index contributed by atoms with van der Waals surface area (Å²) in [4.78, 5) is 2.48. The van der Waals surface area contributed by atoms with Gasteiger partial charge in [0.15, 0.2) is 0 Å². The molecule has 52 heavy (non-hydrogen) atoms. The van der Waals surface area contributed by atoms with Gasteiger partial charge >= 0.3 is 0 Å². The summed E-state index contributed by atoms with van der Waals surface area (Å²) in [5.41, 5.74) is 10.8. The second-order valence-electron chi connectivity index (χ2n) is 13.3. The van der Waals surface area contributed by atoms with Crippen molar-refractivity contribution >= 4 is 70.1 Å². The zero-order chi connectivity index (χ0) is 34.4. The van der Waals surface area contributed by atoms with Crippen molar-refractivity contribution in [1.29, 1.82) is 0 Å². The summed E-state index contributed by atoms with van der Waals surface area (Å²) in [6.45, 7) is 0. The Balaban J connectivity index is 1.23. The van der Waals surface area contributed by atoms with Gasteiger partial charge in [-0.2, -0.15) is 0 Å². The molecule has 1 heterocycles. The molecule has 0 aliphatic heterocycles. The van der Waals surface area contributed by atoms with E-state index in [1.165, 1.54) is 80.8 Å². The van der Waals surface area contributed by atoms with Crippen LogP contribution < -0.4 is 4.90 Å². The molecule has 1 aromatic heterocycles. The van der Waals surface area contributed by atoms with Gasteiger partial charge < -0.3 is 4.90 Å². The highest BCUT2D eigenvalue weighted by Crippen LogP contribution is 2.50. The molecule has 1 nitrogen and oxygen atoms in total. The van der Waals surface area contributed by atoms with Crippen LogP contribution in [-0.4, -0.2) is 0 Å². The van der Waals surface area contributed by atoms with Crippen LogP contribution in [0.1, 0.15) is 0 Å². The number of anilines is 3. The number of rotatable bonds is 6. The van der Waals surface area contributed by atoms with Gasteiger partial charge in [0.1, 0.15) is 0 Å². The third-order valence-electron chi connectivity index (χ3n) is 10.2. The minimum atomic E-state index is 1.12. The standard InChI is InChI=1S/C50H33NS/c1-3-12-34(13-4-1)37-24-28-42(29-25-37)51(43-30-26-38(27-31-43)35-14-5-2-6-15-35)49-44-19-10-9-18-40(44)33-47-48(49)46-21-11-20-45(50(46)52-47)41-23-22-36-16-7-8-17-39(36)32-41/h1-33H. The van der Waals surface area contributed by atoms with E-state index in [-0.39, 0.29) is 0 Å². The van der Waals surface area contributed by atoms with Crippen molar-refractivity contribution in [3.8, 4) is 33.4 Å². The maximum Gasteiger partial charge on any atom is 0.0633 e. The van der Waals surface area contributed by atoms with E-state index < -0.39 is 0 Å². The lowest BCUT2D eigenvalue weighted by molar-refractivity contribution is 1.31. The van der Waals surface area contributed by atoms with E-state index in [1.807, 2.05) is 11.3 Å². The van der Waals surface area contributed by atoms with Crippen molar-refractivity contribution in [2.75, 3.05) is 4.90 Å². The fourth-order valence-corrected chi connectivity index (χ4v) is 8.98. The largest absolute Gasteiger partial charge is 0.309 e. The summed E-state index contributed by atoms with van der Waals surface area (Å²) >= 11 is 1.90. The highest BCUT2D eigenvalue weighted by atomic mass is 32.1. The van der Waals surface area contributed by atoms with E-state index in [0.717, 1.165) is 11.4 Å². The van der Waals surface area contributed by atoms with Crippen molar-refractivity contribution in [1.82, 2.24) is 0 Å². The lowest BCUT2D eigenvalue weighted by Crippen LogP contribution is -2.11. The number of hydrogen-bond donors (Lipinski definition) is 0. The first kappa shape index (κ1) is 30.4. The normalized spacial score (nSPS) is 11.5. The summed E-state index contributed by atoms with van der Waals surface area (Å²) in [7, 11) is 0. The maximum absolute atomic E-state index is 2.48. The molecule has 0 radical (unpaired) electrons. The Morgan fingerprint density at radius 1 is 0.346 bits per heavy atom. The molecule has 0 saturated carbocycles. The van der Waals surface area contributed by atoms with E-state index >= 15 is 0 Å². The summed E-state index contributed by atoms with van der Waals surface area (Å²) in [6, 6.07) is 72.9. The Kier molecular flexibility index (Phi) is 7.41. The van der Waals surface area contributed by atoms with Crippen LogP contribution in [0.3, 0.4) is 0 Å². The summed E-state index contributed by atoms with van der Waals surface area (Å²) in [5, 5.41) is 7.53. The molecule has 0 unspecified atom stereocenters. The second kappa shape index (κ2) is 12.7. The predicted octanol–water partition coefficient (Wildman–Crippen LogP) is 14.8. The van der Waals surface area contributed by atoms with E-state index in [9.17, 15) is 0 Å². The molecule has 0 bridgehead atoms. The molecule has 0 amide bonds. The first-order valence-corrected chi connectivity index (χ1v) is 18.6. The predicted molar refractivity (Wildman–Crippen MR) is 225 cm³/mol. The zero-order valence-electron chi connectivity index (χ0n) is 28.4. The van der Waals surface area contributed by atoms with E-state index in [2.05, 4.69) is 205 Å². The van der Waals surface area contributed by atoms with Crippen LogP contribution in [0.15, 0.2) is 200 Å². The molecule has 10 aromatic rings. The molecule has 0 N–H and O–H groups in total. The van der Waals surface area contributed by atoms with Crippen molar-refractivity contribution in [2.45, 2.75) is 0 Å². The maximum atomic E-state index is 2.48. The van der Waals surface area contributed by atoms with Crippen molar-refractivity contribution < 1.29 is 0 Å². The molecule has 10 rings (SSSR count). The van der Waals surface area contributed by atoms with Gasteiger partial charge in [0.25, 0.3) is 0 Å². The topological polar surface area (TPSA) is 3.24 Å². The van der Waals surface area contributed by atoms with Gasteiger partial charge in [0, 0.05) is 36.9 Å². The van der Waals surface area contributed by atoms with Gasteiger partial charge in [-0.15, -0.1) is 11.3 Å². The van der Waals surface area contributed by atoms with Crippen LogP contribution >= 0.6 is 11.3 Å². The molecule has 244 valence electrons. The molecule has 0 aliphatic carbocycles. The monoisotopic (exact) mass is 679 g/mol. The molecule has 0 spiro atoms. The quantitative estimate of drug-likeness (QED) is 0.169. The number of hydrogen-bond acceptors (Lipinski definition) is 2. The lowest BCUT2D eigenvalue weighted by atomic mass is 9.97. The minimum absolute atomic E-state index is 1.12. The Labute approximate surface area is 307 Å². The van der Waals surface area contributed by atoms with E-state index in [1.54, 1.807) is 0 Å². The Hall–Kier alpha value is -6.48. The van der Waals surface area contributed by atoms with Gasteiger partial charge in [-0.3, -0.25) is 0 Å². The summed E-state index contributed by atoms with van der Waals surface area (Å²) in [5.74, 6) is 0. The third kappa shape index (κ3) is 5.24. The average Bonchev–Trinajstić information content (AvgIpc) is 3.60. The summed E-state index contributed by atoms with van der Waals surface area (Å²) in [6.07, 6.45) is 0. The smallest absolute Gasteiger partial charge is 0.0633 e. The molecule has 0 aliphatic rings. The molecule has 0 fully saturated rings. The minimum Gasteiger partial charge on any atom is -0.309 e. The molecule has 0 atom stereocenters. The number of thiophene rings is 1. The zero-order valence-corrected chi connectivity index (χ0v) is 29.2. The van der Waals surface area contributed by atoms with Crippen LogP contribution in [0, 0.1) is 0 Å². The Morgan fingerprint density at radius 2 is 0.865 bits per heavy atom. The van der Waals surface area contributed by atoms with E-state index in [4.69, 9.17) is 0 Å². The highest BCUT2D eigenvalue weighted by molar-refractivity contribution is 7.26. The van der Waals surface area contributed by atoms with Crippen LogP contribution in [0.2, 0.25) is 0 Å². The average molecular weight is 680 g/mol. The molecule has 0 saturated heterocycles. The molecular weight excluding hydrogens is 647 g/mol. The van der Waals surface area contributed by atoms with Gasteiger partial charge in [-0.25, -0.2) is 0 Å². The lowest BCUT2D eigenvalue weighted by Gasteiger charge is -2.28.